The molecule has 21 heavy (non-hydrogen) atoms. The van der Waals surface area contributed by atoms with Gasteiger partial charge in [-0.3, -0.25) is 9.48 Å². The molecular weight excluding hydrogens is 298 g/mol. The monoisotopic (exact) mass is 317 g/mol. The Labute approximate surface area is 123 Å². The fourth-order valence-corrected chi connectivity index (χ4v) is 2.84. The average Bonchev–Trinajstić information content (AvgIpc) is 3.11. The van der Waals surface area contributed by atoms with E-state index in [9.17, 15) is 13.2 Å². The zero-order valence-electron chi connectivity index (χ0n) is 11.8. The van der Waals surface area contributed by atoms with Gasteiger partial charge in [0.15, 0.2) is 0 Å². The molecule has 1 N–H and O–H groups in total. The first-order valence-corrected chi connectivity index (χ1v) is 8.12. The lowest BCUT2D eigenvalue weighted by Gasteiger charge is -2.15. The minimum Gasteiger partial charge on any atom is -0.480 e. The van der Waals surface area contributed by atoms with Gasteiger partial charge < -0.3 is 9.84 Å². The number of carboxylic acid groups (broad SMARTS) is 1. The maximum Gasteiger partial charge on any atom is 0.325 e. The van der Waals surface area contributed by atoms with Crippen LogP contribution in [0.25, 0.3) is 0 Å². The quantitative estimate of drug-likeness (QED) is 0.644. The predicted octanol–water partition coefficient (Wildman–Crippen LogP) is 0.0148. The van der Waals surface area contributed by atoms with Gasteiger partial charge in [-0.05, 0) is 18.8 Å². The van der Waals surface area contributed by atoms with Crippen molar-refractivity contribution in [3.05, 3.63) is 12.4 Å². The lowest BCUT2D eigenvalue weighted by Crippen LogP contribution is -2.30. The Morgan fingerprint density at radius 3 is 2.90 bits per heavy atom. The van der Waals surface area contributed by atoms with Crippen LogP contribution in [0.3, 0.4) is 0 Å². The summed E-state index contributed by atoms with van der Waals surface area (Å²) in [6, 6.07) is 0. The van der Waals surface area contributed by atoms with E-state index in [2.05, 4.69) is 5.10 Å². The van der Waals surface area contributed by atoms with Gasteiger partial charge in [0.2, 0.25) is 10.0 Å². The SMILES string of the molecule is CN(CCOCC1CC1)S(=O)(=O)c1cnn(CC(=O)O)c1. The summed E-state index contributed by atoms with van der Waals surface area (Å²) in [6.07, 6.45) is 4.75. The normalized spacial score (nSPS) is 15.5. The molecule has 1 heterocycles. The van der Waals surface area contributed by atoms with Crippen molar-refractivity contribution in [1.29, 1.82) is 0 Å². The van der Waals surface area contributed by atoms with Crippen LogP contribution < -0.4 is 0 Å². The summed E-state index contributed by atoms with van der Waals surface area (Å²) in [4.78, 5) is 10.5. The van der Waals surface area contributed by atoms with Gasteiger partial charge in [0.05, 0.1) is 12.8 Å². The van der Waals surface area contributed by atoms with E-state index >= 15 is 0 Å². The summed E-state index contributed by atoms with van der Waals surface area (Å²) in [5.74, 6) is -0.440. The van der Waals surface area contributed by atoms with Crippen molar-refractivity contribution < 1.29 is 23.1 Å². The van der Waals surface area contributed by atoms with Crippen LogP contribution in [-0.4, -0.2) is 60.4 Å². The first kappa shape index (κ1) is 15.9. The van der Waals surface area contributed by atoms with Gasteiger partial charge in [-0.15, -0.1) is 0 Å². The Morgan fingerprint density at radius 2 is 2.29 bits per heavy atom. The lowest BCUT2D eigenvalue weighted by atomic mass is 10.5. The Balaban J connectivity index is 1.88. The van der Waals surface area contributed by atoms with Crippen LogP contribution in [0.4, 0.5) is 0 Å². The van der Waals surface area contributed by atoms with Crippen molar-refractivity contribution >= 4 is 16.0 Å². The third kappa shape index (κ3) is 4.51. The number of hydrogen-bond donors (Lipinski definition) is 1. The second kappa shape index (κ2) is 6.54. The standard InChI is InChI=1S/C12H19N3O5S/c1-14(4-5-20-9-10-2-3-10)21(18,19)11-6-13-15(7-11)8-12(16)17/h6-7,10H,2-5,8-9H2,1H3,(H,16,17). The van der Waals surface area contributed by atoms with Gasteiger partial charge in [-0.1, -0.05) is 0 Å². The zero-order valence-corrected chi connectivity index (χ0v) is 12.6. The topological polar surface area (TPSA) is 102 Å². The molecule has 118 valence electrons. The van der Waals surface area contributed by atoms with Gasteiger partial charge in [0, 0.05) is 26.4 Å². The molecule has 0 atom stereocenters. The highest BCUT2D eigenvalue weighted by atomic mass is 32.2. The number of hydrogen-bond acceptors (Lipinski definition) is 5. The van der Waals surface area contributed by atoms with E-state index in [1.807, 2.05) is 0 Å². The lowest BCUT2D eigenvalue weighted by molar-refractivity contribution is -0.137. The fourth-order valence-electron chi connectivity index (χ4n) is 1.73. The van der Waals surface area contributed by atoms with Crippen molar-refractivity contribution in [3.63, 3.8) is 0 Å². The summed E-state index contributed by atoms with van der Waals surface area (Å²) in [6.45, 7) is 0.906. The molecule has 2 rings (SSSR count). The van der Waals surface area contributed by atoms with Crippen LogP contribution in [-0.2, 0) is 26.1 Å². The third-order valence-corrected chi connectivity index (χ3v) is 5.03. The largest absolute Gasteiger partial charge is 0.480 e. The highest BCUT2D eigenvalue weighted by Crippen LogP contribution is 2.28. The third-order valence-electron chi connectivity index (χ3n) is 3.22. The molecule has 1 aromatic rings. The molecule has 0 amide bonds. The summed E-state index contributed by atoms with van der Waals surface area (Å²) in [5.41, 5.74) is 0. The first-order chi connectivity index (χ1) is 9.89. The van der Waals surface area contributed by atoms with E-state index in [1.54, 1.807) is 0 Å². The van der Waals surface area contributed by atoms with Crippen molar-refractivity contribution in [1.82, 2.24) is 14.1 Å². The van der Waals surface area contributed by atoms with Crippen LogP contribution in [0.15, 0.2) is 17.3 Å². The minimum atomic E-state index is -3.66. The van der Waals surface area contributed by atoms with Gasteiger partial charge in [0.25, 0.3) is 0 Å². The molecule has 0 radical (unpaired) electrons. The number of carbonyl (C=O) groups is 1. The number of aromatic nitrogens is 2. The molecule has 1 fully saturated rings. The van der Waals surface area contributed by atoms with Crippen LogP contribution >= 0.6 is 0 Å². The molecule has 8 nitrogen and oxygen atoms in total. The second-order valence-corrected chi connectivity index (χ2v) is 7.16. The summed E-state index contributed by atoms with van der Waals surface area (Å²) in [5, 5.41) is 12.4. The molecular formula is C12H19N3O5S. The smallest absolute Gasteiger partial charge is 0.325 e. The van der Waals surface area contributed by atoms with Gasteiger partial charge in [0.1, 0.15) is 11.4 Å². The minimum absolute atomic E-state index is 0.0200. The van der Waals surface area contributed by atoms with Crippen LogP contribution in [0.2, 0.25) is 0 Å². The maximum atomic E-state index is 12.2. The summed E-state index contributed by atoms with van der Waals surface area (Å²) >= 11 is 0. The predicted molar refractivity (Wildman–Crippen MR) is 73.2 cm³/mol. The Hall–Kier alpha value is -1.45. The summed E-state index contributed by atoms with van der Waals surface area (Å²) in [7, 11) is -2.20. The number of ether oxygens (including phenoxy) is 1. The zero-order chi connectivity index (χ0) is 15.5. The highest BCUT2D eigenvalue weighted by Gasteiger charge is 2.24. The molecule has 0 aliphatic heterocycles. The molecule has 1 saturated carbocycles. The van der Waals surface area contributed by atoms with Crippen LogP contribution in [0.5, 0.6) is 0 Å². The van der Waals surface area contributed by atoms with E-state index in [1.165, 1.54) is 30.4 Å². The van der Waals surface area contributed by atoms with E-state index in [4.69, 9.17) is 9.84 Å². The molecule has 0 spiro atoms. The summed E-state index contributed by atoms with van der Waals surface area (Å²) < 4.78 is 32.2. The van der Waals surface area contributed by atoms with Gasteiger partial charge in [-0.2, -0.15) is 9.40 Å². The Bertz CT molecular complexity index is 594. The Morgan fingerprint density at radius 1 is 1.57 bits per heavy atom. The van der Waals surface area contributed by atoms with Gasteiger partial charge >= 0.3 is 5.97 Å². The van der Waals surface area contributed by atoms with Crippen molar-refractivity contribution in [3.8, 4) is 0 Å². The van der Waals surface area contributed by atoms with E-state index in [0.717, 1.165) is 10.9 Å². The molecule has 0 aromatic carbocycles. The van der Waals surface area contributed by atoms with Crippen molar-refractivity contribution in [2.45, 2.75) is 24.3 Å². The second-order valence-electron chi connectivity index (χ2n) is 5.11. The molecule has 0 saturated heterocycles. The number of nitrogens with zero attached hydrogens (tertiary/aromatic N) is 3. The number of aliphatic carboxylic acids is 1. The highest BCUT2D eigenvalue weighted by molar-refractivity contribution is 7.89. The van der Waals surface area contributed by atoms with E-state index in [-0.39, 0.29) is 18.0 Å². The Kier molecular flexibility index (Phi) is 4.96. The van der Waals surface area contributed by atoms with E-state index < -0.39 is 16.0 Å². The number of rotatable bonds is 9. The molecule has 9 heteroatoms. The number of sulfonamides is 1. The fraction of sp³-hybridized carbons (Fsp3) is 0.667. The molecule has 1 aliphatic rings. The van der Waals surface area contributed by atoms with Crippen molar-refractivity contribution in [2.75, 3.05) is 26.8 Å². The van der Waals surface area contributed by atoms with Gasteiger partial charge in [-0.25, -0.2) is 8.42 Å². The molecule has 0 unspecified atom stereocenters. The van der Waals surface area contributed by atoms with Crippen LogP contribution in [0, 0.1) is 5.92 Å². The number of likely N-dealkylation sites (N-methyl/N-ethyl adjacent to an activating group) is 1. The average molecular weight is 317 g/mol. The molecule has 0 bridgehead atoms. The molecule has 1 aromatic heterocycles. The van der Waals surface area contributed by atoms with Crippen molar-refractivity contribution in [2.24, 2.45) is 5.92 Å². The maximum absolute atomic E-state index is 12.2. The number of carboxylic acids is 1. The van der Waals surface area contributed by atoms with Crippen LogP contribution in [0.1, 0.15) is 12.8 Å². The van der Waals surface area contributed by atoms with E-state index in [0.29, 0.717) is 19.1 Å². The first-order valence-electron chi connectivity index (χ1n) is 6.68. The molecule has 1 aliphatic carbocycles.